The number of nitrogens with zero attached hydrogens (tertiary/aromatic N) is 12. The highest BCUT2D eigenvalue weighted by molar-refractivity contribution is 5.60. The summed E-state index contributed by atoms with van der Waals surface area (Å²) in [6, 6.07) is 14.3. The van der Waals surface area contributed by atoms with Crippen LogP contribution in [-0.4, -0.2) is 56.5 Å². The Morgan fingerprint density at radius 2 is 0.756 bits per heavy atom. The quantitative estimate of drug-likeness (QED) is 0.150. The fourth-order valence-electron chi connectivity index (χ4n) is 7.68. The molecule has 0 unspecified atom stereocenters. The first kappa shape index (κ1) is 68.2. The van der Waals surface area contributed by atoms with Crippen molar-refractivity contribution < 1.29 is 0 Å². The van der Waals surface area contributed by atoms with E-state index in [1.807, 2.05) is 175 Å². The summed E-state index contributed by atoms with van der Waals surface area (Å²) in [5.74, 6) is 0. The number of aryl methyl sites for hydroxylation is 12. The van der Waals surface area contributed by atoms with Gasteiger partial charge in [-0.05, 0) is 186 Å². The van der Waals surface area contributed by atoms with Crippen LogP contribution in [-0.2, 0) is 0 Å². The molecule has 12 heteroatoms. The number of hydrogen-bond donors (Lipinski definition) is 0. The zero-order chi connectivity index (χ0) is 59.1. The van der Waals surface area contributed by atoms with E-state index in [0.29, 0.717) is 0 Å². The van der Waals surface area contributed by atoms with Crippen LogP contribution in [0.4, 0.5) is 0 Å². The first-order valence-corrected chi connectivity index (χ1v) is 28.0. The van der Waals surface area contributed by atoms with Crippen molar-refractivity contribution in [3.63, 3.8) is 0 Å². The van der Waals surface area contributed by atoms with Crippen LogP contribution < -0.4 is 0 Å². The van der Waals surface area contributed by atoms with Gasteiger partial charge in [-0.2, -0.15) is 5.10 Å². The third-order valence-electron chi connectivity index (χ3n) is 12.4. The summed E-state index contributed by atoms with van der Waals surface area (Å²) in [4.78, 5) is 20.4. The minimum atomic E-state index is 0.998. The van der Waals surface area contributed by atoms with Crippen LogP contribution >= 0.6 is 0 Å². The van der Waals surface area contributed by atoms with E-state index in [1.165, 1.54) is 88.8 Å². The van der Waals surface area contributed by atoms with Gasteiger partial charge in [-0.25, -0.2) is 24.5 Å². The summed E-state index contributed by atoms with van der Waals surface area (Å²) in [6.07, 6.45) is 32.9. The Morgan fingerprint density at radius 3 is 1.29 bits per heavy atom. The van der Waals surface area contributed by atoms with Crippen molar-refractivity contribution >= 4 is 33.4 Å². The summed E-state index contributed by atoms with van der Waals surface area (Å²) in [6.45, 7) is 49.3. The topological polar surface area (TPSA) is 104 Å². The average molecular weight is 1060 g/mol. The summed E-state index contributed by atoms with van der Waals surface area (Å²) in [5, 5.41) is 4.18. The van der Waals surface area contributed by atoms with Gasteiger partial charge in [-0.3, -0.25) is 9.38 Å². The van der Waals surface area contributed by atoms with E-state index in [4.69, 9.17) is 0 Å². The normalized spacial score (nSPS) is 9.54. The van der Waals surface area contributed by atoms with Crippen molar-refractivity contribution in [2.24, 2.45) is 0 Å². The molecule has 12 aromatic rings. The third-order valence-corrected chi connectivity index (χ3v) is 12.4. The van der Waals surface area contributed by atoms with E-state index in [-0.39, 0.29) is 0 Å². The maximum Gasteiger partial charge on any atom is 0.142 e. The fraction of sp³-hybridized carbons (Fsp3) is 0.364. The zero-order valence-corrected chi connectivity index (χ0v) is 52.2. The Balaban J connectivity index is 0.000000450. The monoisotopic (exact) mass is 1060 g/mol. The summed E-state index contributed by atoms with van der Waals surface area (Å²) < 4.78 is 12.2. The molecule has 0 atom stereocenters. The lowest BCUT2D eigenvalue weighted by atomic mass is 10.2. The Kier molecular flexibility index (Phi) is 31.7. The summed E-state index contributed by atoms with van der Waals surface area (Å²) in [5.41, 5.74) is 22.7. The number of pyridine rings is 1. The van der Waals surface area contributed by atoms with Gasteiger partial charge in [0.25, 0.3) is 0 Å². The van der Waals surface area contributed by atoms with Gasteiger partial charge in [0.1, 0.15) is 23.9 Å². The molecule has 12 rings (SSSR count). The molecule has 12 aromatic heterocycles. The van der Waals surface area contributed by atoms with Gasteiger partial charge in [-0.1, -0.05) is 89.2 Å². The largest absolute Gasteiger partial charge is 0.323 e. The predicted octanol–water partition coefficient (Wildman–Crippen LogP) is 17.9. The second-order valence-electron chi connectivity index (χ2n) is 16.8. The van der Waals surface area contributed by atoms with Gasteiger partial charge in [0.2, 0.25) is 0 Å². The van der Waals surface area contributed by atoms with Gasteiger partial charge in [0, 0.05) is 86.1 Å². The second-order valence-corrected chi connectivity index (χ2v) is 16.8. The zero-order valence-electron chi connectivity index (χ0n) is 52.2. The molecule has 0 aliphatic rings. The lowest BCUT2D eigenvalue weighted by Crippen LogP contribution is -1.87. The van der Waals surface area contributed by atoms with Gasteiger partial charge in [0.05, 0.1) is 29.1 Å². The molecule has 0 aromatic carbocycles. The molecule has 0 aliphatic carbocycles. The van der Waals surface area contributed by atoms with Gasteiger partial charge in [0.15, 0.2) is 0 Å². The molecule has 0 bridgehead atoms. The van der Waals surface area contributed by atoms with Crippen molar-refractivity contribution in [3.8, 4) is 0 Å². The molecule has 420 valence electrons. The highest BCUT2D eigenvalue weighted by Crippen LogP contribution is 2.18. The Labute approximate surface area is 469 Å². The van der Waals surface area contributed by atoms with Crippen molar-refractivity contribution in [2.45, 2.75) is 166 Å². The smallest absolute Gasteiger partial charge is 0.142 e. The number of rotatable bonds is 0. The predicted molar refractivity (Wildman–Crippen MR) is 336 cm³/mol. The molecule has 0 N–H and O–H groups in total. The number of aromatic nitrogens is 12. The van der Waals surface area contributed by atoms with E-state index < -0.39 is 0 Å². The second kappa shape index (κ2) is 36.2. The maximum atomic E-state index is 4.26. The highest BCUT2D eigenvalue weighted by atomic mass is 15.2. The Morgan fingerprint density at radius 1 is 0.308 bits per heavy atom. The van der Waals surface area contributed by atoms with E-state index in [1.54, 1.807) is 25.0 Å². The van der Waals surface area contributed by atoms with E-state index >= 15 is 0 Å². The van der Waals surface area contributed by atoms with Crippen LogP contribution in [0.25, 0.3) is 33.4 Å². The maximum absolute atomic E-state index is 4.26. The molecule has 12 nitrogen and oxygen atoms in total. The molecular weight excluding hydrogens is 961 g/mol. The fourth-order valence-corrected chi connectivity index (χ4v) is 7.68. The van der Waals surface area contributed by atoms with Gasteiger partial charge >= 0.3 is 0 Å². The Hall–Kier alpha value is -7.86. The van der Waals surface area contributed by atoms with Gasteiger partial charge in [-0.15, -0.1) is 0 Å². The molecule has 0 aliphatic heterocycles. The standard InChI is InChI=1S/C10H11N.4C9H10N2.C8H9N3.6C2H6/c1-8-7-11-6-4-3-5-10(11)9(8)2;1-7-6-11-4-3-10-5-9(11)8(7)2;1-7-5-11-6-10-4-3-9(11)8(7)2;1-7-6-11-5-3-4-10-9(11)8(7)2;1-7-6-11-9(8(7)2)4-3-5-10-11;1-6-3-11-5-9-4-10-8(11)7(6)2;6*1-2/h3-7H,1-2H3;4*3-6H,1-2H3;3-5H,1-2H3;6*1-2H3. The van der Waals surface area contributed by atoms with Crippen molar-refractivity contribution in [2.75, 3.05) is 0 Å². The first-order chi connectivity index (χ1) is 37.7. The number of fused-ring (bicyclic) bond motifs is 6. The Bertz CT molecular complexity index is 2930. The van der Waals surface area contributed by atoms with Crippen LogP contribution in [0, 0.1) is 83.1 Å². The van der Waals surface area contributed by atoms with Gasteiger partial charge < -0.3 is 17.6 Å². The van der Waals surface area contributed by atoms with Crippen molar-refractivity contribution in [1.29, 1.82) is 0 Å². The van der Waals surface area contributed by atoms with Crippen LogP contribution in [0.3, 0.4) is 0 Å². The lowest BCUT2D eigenvalue weighted by molar-refractivity contribution is 0.937. The first-order valence-electron chi connectivity index (χ1n) is 28.0. The SMILES string of the molecule is CC.CC.CC.CC.CC.CC.Cc1cn2ccccc2c1C.Cc1cn2cccnc2c1C.Cc1cn2ccncc2c1C.Cc1cn2cnccc2c1C.Cc1cn2cncnc2c1C.Cc1cn2ncccc2c1C. The molecule has 0 amide bonds. The molecule has 0 radical (unpaired) electrons. The molecular formula is C66H96N12. The van der Waals surface area contributed by atoms with Crippen LogP contribution in [0.15, 0.2) is 148 Å². The van der Waals surface area contributed by atoms with E-state index in [2.05, 4.69) is 171 Å². The number of hydrogen-bond acceptors (Lipinski definition) is 6. The molecule has 0 fully saturated rings. The van der Waals surface area contributed by atoms with Crippen LogP contribution in [0.1, 0.15) is 150 Å². The minimum Gasteiger partial charge on any atom is -0.323 e. The molecule has 0 saturated heterocycles. The molecule has 0 saturated carbocycles. The van der Waals surface area contributed by atoms with E-state index in [9.17, 15) is 0 Å². The molecule has 12 heterocycles. The summed E-state index contributed by atoms with van der Waals surface area (Å²) >= 11 is 0. The summed E-state index contributed by atoms with van der Waals surface area (Å²) in [7, 11) is 0. The van der Waals surface area contributed by atoms with E-state index in [0.717, 1.165) is 11.3 Å². The lowest BCUT2D eigenvalue weighted by Gasteiger charge is -1.92. The minimum absolute atomic E-state index is 0.998. The third kappa shape index (κ3) is 18.1. The van der Waals surface area contributed by atoms with Crippen molar-refractivity contribution in [1.82, 2.24) is 56.5 Å². The van der Waals surface area contributed by atoms with Crippen LogP contribution in [0.5, 0.6) is 0 Å². The average Bonchev–Trinajstić information content (AvgIpc) is 4.30. The molecule has 0 spiro atoms. The van der Waals surface area contributed by atoms with Crippen molar-refractivity contribution in [3.05, 3.63) is 215 Å². The highest BCUT2D eigenvalue weighted by Gasteiger charge is 2.05. The van der Waals surface area contributed by atoms with Crippen LogP contribution in [0.2, 0.25) is 0 Å². The molecule has 78 heavy (non-hydrogen) atoms.